The Balaban J connectivity index is 1.70. The van der Waals surface area contributed by atoms with Crippen LogP contribution in [0.2, 0.25) is 0 Å². The Labute approximate surface area is 156 Å². The highest BCUT2D eigenvalue weighted by molar-refractivity contribution is 7.89. The maximum absolute atomic E-state index is 12.9. The minimum Gasteiger partial charge on any atom is -0.296 e. The van der Waals surface area contributed by atoms with E-state index in [0.29, 0.717) is 29.4 Å². The molecule has 0 aliphatic carbocycles. The summed E-state index contributed by atoms with van der Waals surface area (Å²) in [5, 5.41) is 6.81. The largest absolute Gasteiger partial charge is 0.296 e. The first-order valence-corrected chi connectivity index (χ1v) is 10.4. The van der Waals surface area contributed by atoms with Crippen LogP contribution in [0.25, 0.3) is 0 Å². The van der Waals surface area contributed by atoms with Gasteiger partial charge in [0.2, 0.25) is 10.0 Å². The molecule has 1 aromatic carbocycles. The van der Waals surface area contributed by atoms with Crippen molar-refractivity contribution in [1.82, 2.24) is 19.4 Å². The summed E-state index contributed by atoms with van der Waals surface area (Å²) in [4.78, 5) is 2.67. The number of aromatic nitrogens is 2. The topological polar surface area (TPSA) is 69.3 Å². The minimum absolute atomic E-state index is 0.330. The molecule has 1 N–H and O–H groups in total. The van der Waals surface area contributed by atoms with Crippen LogP contribution in [0.5, 0.6) is 0 Å². The highest BCUT2D eigenvalue weighted by atomic mass is 32.2. The lowest BCUT2D eigenvalue weighted by Gasteiger charge is -2.34. The number of aryl methyl sites for hydroxylation is 5. The second-order valence-electron chi connectivity index (χ2n) is 7.32. The zero-order valence-electron chi connectivity index (χ0n) is 16.3. The molecule has 1 saturated heterocycles. The van der Waals surface area contributed by atoms with Crippen molar-refractivity contribution < 1.29 is 8.42 Å². The number of nitrogens with one attached hydrogen (secondary N) is 1. The molecule has 1 aliphatic heterocycles. The Bertz CT molecular complexity index is 867. The third-order valence-electron chi connectivity index (χ3n) is 5.21. The SMILES string of the molecule is Cc1cc(C)c(CN2CCN(S(=O)(=O)c3c(C)n[nH]c3C)CC2)c(C)c1. The van der Waals surface area contributed by atoms with Crippen LogP contribution in [0, 0.1) is 34.6 Å². The molecule has 0 saturated carbocycles. The van der Waals surface area contributed by atoms with E-state index in [0.717, 1.165) is 19.6 Å². The first-order valence-electron chi connectivity index (χ1n) is 9.01. The van der Waals surface area contributed by atoms with Crippen molar-refractivity contribution in [1.29, 1.82) is 0 Å². The lowest BCUT2D eigenvalue weighted by atomic mass is 9.99. The summed E-state index contributed by atoms with van der Waals surface area (Å²) in [6.45, 7) is 13.3. The fourth-order valence-corrected chi connectivity index (χ4v) is 5.61. The Morgan fingerprint density at radius 1 is 1.00 bits per heavy atom. The van der Waals surface area contributed by atoms with Crippen LogP contribution in [-0.4, -0.2) is 54.0 Å². The third-order valence-corrected chi connectivity index (χ3v) is 7.37. The Morgan fingerprint density at radius 3 is 2.08 bits per heavy atom. The van der Waals surface area contributed by atoms with Gasteiger partial charge < -0.3 is 0 Å². The van der Waals surface area contributed by atoms with E-state index in [-0.39, 0.29) is 0 Å². The lowest BCUT2D eigenvalue weighted by molar-refractivity contribution is 0.181. The highest BCUT2D eigenvalue weighted by Gasteiger charge is 2.32. The van der Waals surface area contributed by atoms with Crippen molar-refractivity contribution in [3.8, 4) is 0 Å². The van der Waals surface area contributed by atoms with E-state index in [1.807, 2.05) is 0 Å². The number of benzene rings is 1. The third kappa shape index (κ3) is 3.56. The molecule has 3 rings (SSSR count). The standard InChI is InChI=1S/C19H28N4O2S/c1-13-10-14(2)18(15(3)11-13)12-22-6-8-23(9-7-22)26(24,25)19-16(4)20-21-17(19)5/h10-11H,6-9,12H2,1-5H3,(H,20,21). The summed E-state index contributed by atoms with van der Waals surface area (Å²) in [7, 11) is -3.49. The summed E-state index contributed by atoms with van der Waals surface area (Å²) < 4.78 is 27.5. The Kier molecular flexibility index (Phi) is 5.23. The summed E-state index contributed by atoms with van der Waals surface area (Å²) in [6, 6.07) is 4.43. The number of sulfonamides is 1. The molecule has 0 spiro atoms. The molecule has 1 fully saturated rings. The van der Waals surface area contributed by atoms with Gasteiger partial charge in [0, 0.05) is 32.7 Å². The molecule has 0 bridgehead atoms. The van der Waals surface area contributed by atoms with Crippen LogP contribution in [-0.2, 0) is 16.6 Å². The maximum Gasteiger partial charge on any atom is 0.246 e. The average Bonchev–Trinajstić information content (AvgIpc) is 2.90. The van der Waals surface area contributed by atoms with Gasteiger partial charge in [0.25, 0.3) is 0 Å². The van der Waals surface area contributed by atoms with Crippen molar-refractivity contribution in [2.24, 2.45) is 0 Å². The zero-order valence-corrected chi connectivity index (χ0v) is 17.1. The smallest absolute Gasteiger partial charge is 0.246 e. The number of hydrogen-bond acceptors (Lipinski definition) is 4. The summed E-state index contributed by atoms with van der Waals surface area (Å²) in [6.07, 6.45) is 0. The lowest BCUT2D eigenvalue weighted by Crippen LogP contribution is -2.48. The molecule has 2 heterocycles. The molecule has 1 aliphatic rings. The highest BCUT2D eigenvalue weighted by Crippen LogP contribution is 2.24. The molecular formula is C19H28N4O2S. The minimum atomic E-state index is -3.49. The van der Waals surface area contributed by atoms with Crippen molar-refractivity contribution in [3.63, 3.8) is 0 Å². The van der Waals surface area contributed by atoms with Crippen molar-refractivity contribution >= 4 is 10.0 Å². The molecule has 1 aromatic heterocycles. The molecule has 0 amide bonds. The van der Waals surface area contributed by atoms with Gasteiger partial charge in [-0.2, -0.15) is 9.40 Å². The van der Waals surface area contributed by atoms with Crippen LogP contribution in [0.15, 0.2) is 17.0 Å². The second-order valence-corrected chi connectivity index (χ2v) is 9.20. The van der Waals surface area contributed by atoms with Crippen LogP contribution in [0.1, 0.15) is 33.6 Å². The molecule has 26 heavy (non-hydrogen) atoms. The van der Waals surface area contributed by atoms with Gasteiger partial charge in [0.05, 0.1) is 11.4 Å². The number of nitrogens with zero attached hydrogens (tertiary/aromatic N) is 3. The summed E-state index contributed by atoms with van der Waals surface area (Å²) in [5.74, 6) is 0. The molecule has 0 radical (unpaired) electrons. The van der Waals surface area contributed by atoms with E-state index in [1.165, 1.54) is 22.3 Å². The van der Waals surface area contributed by atoms with Crippen LogP contribution in [0.4, 0.5) is 0 Å². The summed E-state index contributed by atoms with van der Waals surface area (Å²) in [5.41, 5.74) is 6.40. The first-order chi connectivity index (χ1) is 12.2. The molecule has 0 atom stereocenters. The van der Waals surface area contributed by atoms with E-state index >= 15 is 0 Å². The number of hydrogen-bond donors (Lipinski definition) is 1. The molecule has 2 aromatic rings. The number of H-pyrrole nitrogens is 1. The van der Waals surface area contributed by atoms with Crippen LogP contribution < -0.4 is 0 Å². The first kappa shape index (κ1) is 19.1. The molecule has 0 unspecified atom stereocenters. The van der Waals surface area contributed by atoms with Crippen molar-refractivity contribution in [3.05, 3.63) is 45.8 Å². The van der Waals surface area contributed by atoms with E-state index in [9.17, 15) is 8.42 Å². The van der Waals surface area contributed by atoms with E-state index < -0.39 is 10.0 Å². The number of piperazine rings is 1. The van der Waals surface area contributed by atoms with Crippen LogP contribution >= 0.6 is 0 Å². The molecule has 6 nitrogen and oxygen atoms in total. The molecular weight excluding hydrogens is 348 g/mol. The van der Waals surface area contributed by atoms with E-state index in [1.54, 1.807) is 18.2 Å². The fraction of sp³-hybridized carbons (Fsp3) is 0.526. The average molecular weight is 377 g/mol. The van der Waals surface area contributed by atoms with E-state index in [4.69, 9.17) is 0 Å². The monoisotopic (exact) mass is 376 g/mol. The maximum atomic E-state index is 12.9. The zero-order chi connectivity index (χ0) is 19.1. The normalized spacial score (nSPS) is 17.0. The van der Waals surface area contributed by atoms with Gasteiger partial charge in [-0.3, -0.25) is 10.00 Å². The van der Waals surface area contributed by atoms with Crippen molar-refractivity contribution in [2.75, 3.05) is 26.2 Å². The predicted octanol–water partition coefficient (Wildman–Crippen LogP) is 2.46. The summed E-state index contributed by atoms with van der Waals surface area (Å²) >= 11 is 0. The van der Waals surface area contributed by atoms with Gasteiger partial charge in [0.15, 0.2) is 0 Å². The fourth-order valence-electron chi connectivity index (χ4n) is 3.86. The van der Waals surface area contributed by atoms with E-state index in [2.05, 4.69) is 48.0 Å². The predicted molar refractivity (Wildman–Crippen MR) is 103 cm³/mol. The van der Waals surface area contributed by atoms with Gasteiger partial charge in [0.1, 0.15) is 4.90 Å². The van der Waals surface area contributed by atoms with Gasteiger partial charge in [-0.25, -0.2) is 8.42 Å². The van der Waals surface area contributed by atoms with Gasteiger partial charge in [-0.15, -0.1) is 0 Å². The Hall–Kier alpha value is -1.70. The Morgan fingerprint density at radius 2 is 1.58 bits per heavy atom. The van der Waals surface area contributed by atoms with Gasteiger partial charge >= 0.3 is 0 Å². The van der Waals surface area contributed by atoms with Gasteiger partial charge in [-0.05, 0) is 51.3 Å². The van der Waals surface area contributed by atoms with Crippen LogP contribution in [0.3, 0.4) is 0 Å². The number of rotatable bonds is 4. The second kappa shape index (κ2) is 7.13. The molecule has 142 valence electrons. The number of aromatic amines is 1. The van der Waals surface area contributed by atoms with Gasteiger partial charge in [-0.1, -0.05) is 17.7 Å². The van der Waals surface area contributed by atoms with Crippen molar-refractivity contribution in [2.45, 2.75) is 46.1 Å². The quantitative estimate of drug-likeness (QED) is 0.890. The molecule has 7 heteroatoms.